The molecule has 3 nitrogen and oxygen atoms in total. The first kappa shape index (κ1) is 11.2. The van der Waals surface area contributed by atoms with Crippen LogP contribution in [0, 0.1) is 5.92 Å². The van der Waals surface area contributed by atoms with Crippen LogP contribution in [0.5, 0.6) is 0 Å². The highest BCUT2D eigenvalue weighted by atomic mass is 15.3. The number of hydrogen-bond donors (Lipinski definition) is 1. The molecule has 0 saturated heterocycles. The third-order valence-electron chi connectivity index (χ3n) is 3.47. The van der Waals surface area contributed by atoms with E-state index in [0.29, 0.717) is 6.17 Å². The van der Waals surface area contributed by atoms with Crippen molar-refractivity contribution >= 4 is 11.5 Å². The maximum absolute atomic E-state index is 4.35. The van der Waals surface area contributed by atoms with E-state index in [9.17, 15) is 0 Å². The Hall–Kier alpha value is -1.25. The van der Waals surface area contributed by atoms with E-state index in [1.54, 1.807) is 0 Å². The number of nitrogens with zero attached hydrogens (tertiary/aromatic N) is 2. The second kappa shape index (κ2) is 4.73. The Kier molecular flexibility index (Phi) is 3.32. The Bertz CT molecular complexity index is 351. The largest absolute Gasteiger partial charge is 0.349 e. The first-order chi connectivity index (χ1) is 7.72. The van der Waals surface area contributed by atoms with Gasteiger partial charge in [0.2, 0.25) is 0 Å². The molecule has 2 atom stereocenters. The predicted molar refractivity (Wildman–Crippen MR) is 68.7 cm³/mol. The molecule has 1 aromatic rings. The van der Waals surface area contributed by atoms with Crippen LogP contribution in [0.15, 0.2) is 18.3 Å². The van der Waals surface area contributed by atoms with Gasteiger partial charge >= 0.3 is 0 Å². The second-order valence-corrected chi connectivity index (χ2v) is 4.69. The molecular formula is C13H21N3. The van der Waals surface area contributed by atoms with Gasteiger partial charge in [0, 0.05) is 12.7 Å². The van der Waals surface area contributed by atoms with Gasteiger partial charge in [0.05, 0.1) is 11.9 Å². The van der Waals surface area contributed by atoms with Crippen LogP contribution in [0.4, 0.5) is 11.5 Å². The number of pyridine rings is 1. The number of hydrogen-bond acceptors (Lipinski definition) is 3. The van der Waals surface area contributed by atoms with E-state index in [4.69, 9.17) is 0 Å². The van der Waals surface area contributed by atoms with Gasteiger partial charge in [-0.1, -0.05) is 20.3 Å². The van der Waals surface area contributed by atoms with Crippen molar-refractivity contribution in [1.29, 1.82) is 0 Å². The van der Waals surface area contributed by atoms with Crippen molar-refractivity contribution in [3.63, 3.8) is 0 Å². The summed E-state index contributed by atoms with van der Waals surface area (Å²) in [4.78, 5) is 6.77. The lowest BCUT2D eigenvalue weighted by molar-refractivity contribution is 0.505. The van der Waals surface area contributed by atoms with Gasteiger partial charge in [-0.15, -0.1) is 0 Å². The van der Waals surface area contributed by atoms with E-state index in [1.807, 2.05) is 12.3 Å². The minimum absolute atomic E-state index is 0.369. The zero-order valence-electron chi connectivity index (χ0n) is 10.4. The highest BCUT2D eigenvalue weighted by molar-refractivity contribution is 5.71. The van der Waals surface area contributed by atoms with Crippen LogP contribution in [0.1, 0.15) is 33.6 Å². The maximum atomic E-state index is 4.35. The Labute approximate surface area is 97.9 Å². The lowest BCUT2D eigenvalue weighted by Gasteiger charge is -2.24. The van der Waals surface area contributed by atoms with Gasteiger partial charge < -0.3 is 10.2 Å². The van der Waals surface area contributed by atoms with Gasteiger partial charge in [0.25, 0.3) is 0 Å². The van der Waals surface area contributed by atoms with Crippen molar-refractivity contribution in [3.05, 3.63) is 18.3 Å². The van der Waals surface area contributed by atoms with Crippen LogP contribution in [-0.4, -0.2) is 17.7 Å². The standard InChI is InChI=1S/C13H21N3/c1-4-10(2)7-9-16-11(3)15-13-12(16)6-5-8-14-13/h5-6,8,10-11H,4,7,9H2,1-3H3,(H,14,15). The summed E-state index contributed by atoms with van der Waals surface area (Å²) in [6.45, 7) is 7.88. The normalized spacial score (nSPS) is 20.4. The summed E-state index contributed by atoms with van der Waals surface area (Å²) in [5.41, 5.74) is 1.25. The third kappa shape index (κ3) is 2.13. The molecule has 0 saturated carbocycles. The molecule has 0 aliphatic carbocycles. The molecule has 0 aromatic carbocycles. The first-order valence-corrected chi connectivity index (χ1v) is 6.20. The number of fused-ring (bicyclic) bond motifs is 1. The van der Waals surface area contributed by atoms with E-state index in [0.717, 1.165) is 18.3 Å². The van der Waals surface area contributed by atoms with Gasteiger partial charge in [-0.2, -0.15) is 0 Å². The molecule has 0 fully saturated rings. The lowest BCUT2D eigenvalue weighted by atomic mass is 10.1. The van der Waals surface area contributed by atoms with Crippen LogP contribution < -0.4 is 10.2 Å². The second-order valence-electron chi connectivity index (χ2n) is 4.69. The summed E-state index contributed by atoms with van der Waals surface area (Å²) < 4.78 is 0. The third-order valence-corrected chi connectivity index (χ3v) is 3.47. The smallest absolute Gasteiger partial charge is 0.151 e. The molecule has 0 radical (unpaired) electrons. The predicted octanol–water partition coefficient (Wildman–Crippen LogP) is 3.10. The zero-order valence-corrected chi connectivity index (χ0v) is 10.4. The average Bonchev–Trinajstić information content (AvgIpc) is 2.62. The van der Waals surface area contributed by atoms with E-state index in [1.165, 1.54) is 18.5 Å². The summed E-state index contributed by atoms with van der Waals surface area (Å²) in [6.07, 6.45) is 4.72. The fourth-order valence-electron chi connectivity index (χ4n) is 2.10. The molecule has 0 amide bonds. The molecule has 1 N–H and O–H groups in total. The van der Waals surface area contributed by atoms with Crippen LogP contribution >= 0.6 is 0 Å². The van der Waals surface area contributed by atoms with E-state index >= 15 is 0 Å². The summed E-state index contributed by atoms with van der Waals surface area (Å²) in [5, 5.41) is 3.40. The van der Waals surface area contributed by atoms with Crippen molar-refractivity contribution in [1.82, 2.24) is 4.98 Å². The van der Waals surface area contributed by atoms with Crippen molar-refractivity contribution < 1.29 is 0 Å². The summed E-state index contributed by atoms with van der Waals surface area (Å²) in [7, 11) is 0. The molecule has 2 heterocycles. The average molecular weight is 219 g/mol. The number of rotatable bonds is 4. The van der Waals surface area contributed by atoms with Crippen LogP contribution in [0.3, 0.4) is 0 Å². The molecular weight excluding hydrogens is 198 g/mol. The minimum atomic E-state index is 0.369. The Balaban J connectivity index is 2.04. The molecule has 2 unspecified atom stereocenters. The highest BCUT2D eigenvalue weighted by Gasteiger charge is 2.25. The van der Waals surface area contributed by atoms with Gasteiger partial charge in [0.15, 0.2) is 5.82 Å². The summed E-state index contributed by atoms with van der Waals surface area (Å²) >= 11 is 0. The number of aromatic nitrogens is 1. The molecule has 1 aliphatic heterocycles. The Morgan fingerprint density at radius 3 is 3.12 bits per heavy atom. The van der Waals surface area contributed by atoms with Crippen LogP contribution in [-0.2, 0) is 0 Å². The van der Waals surface area contributed by atoms with Crippen molar-refractivity contribution in [2.45, 2.75) is 39.8 Å². The lowest BCUT2D eigenvalue weighted by Crippen LogP contribution is -2.34. The Morgan fingerprint density at radius 1 is 1.56 bits per heavy atom. The highest BCUT2D eigenvalue weighted by Crippen LogP contribution is 2.32. The number of anilines is 2. The summed E-state index contributed by atoms with van der Waals surface area (Å²) in [6, 6.07) is 4.16. The molecule has 2 rings (SSSR count). The molecule has 0 spiro atoms. The van der Waals surface area contributed by atoms with Gasteiger partial charge in [0.1, 0.15) is 0 Å². The summed E-state index contributed by atoms with van der Waals surface area (Å²) in [5.74, 6) is 1.83. The minimum Gasteiger partial charge on any atom is -0.349 e. The van der Waals surface area contributed by atoms with E-state index < -0.39 is 0 Å². The Morgan fingerprint density at radius 2 is 2.38 bits per heavy atom. The fourth-order valence-corrected chi connectivity index (χ4v) is 2.10. The first-order valence-electron chi connectivity index (χ1n) is 6.20. The fraction of sp³-hybridized carbons (Fsp3) is 0.615. The quantitative estimate of drug-likeness (QED) is 0.843. The number of nitrogens with one attached hydrogen (secondary N) is 1. The van der Waals surface area contributed by atoms with Gasteiger partial charge in [-0.05, 0) is 31.4 Å². The molecule has 1 aromatic heterocycles. The topological polar surface area (TPSA) is 28.2 Å². The van der Waals surface area contributed by atoms with E-state index in [-0.39, 0.29) is 0 Å². The maximum Gasteiger partial charge on any atom is 0.151 e. The zero-order chi connectivity index (χ0) is 11.5. The molecule has 0 bridgehead atoms. The van der Waals surface area contributed by atoms with Gasteiger partial charge in [-0.3, -0.25) is 0 Å². The van der Waals surface area contributed by atoms with Crippen LogP contribution in [0.2, 0.25) is 0 Å². The SMILES string of the molecule is CCC(C)CCN1c2cccnc2NC1C. The van der Waals surface area contributed by atoms with E-state index in [2.05, 4.69) is 42.0 Å². The van der Waals surface area contributed by atoms with Crippen molar-refractivity contribution in [3.8, 4) is 0 Å². The molecule has 1 aliphatic rings. The van der Waals surface area contributed by atoms with Crippen LogP contribution in [0.25, 0.3) is 0 Å². The molecule has 16 heavy (non-hydrogen) atoms. The molecule has 3 heteroatoms. The van der Waals surface area contributed by atoms with Crippen molar-refractivity contribution in [2.75, 3.05) is 16.8 Å². The monoisotopic (exact) mass is 219 g/mol. The molecule has 88 valence electrons. The van der Waals surface area contributed by atoms with Crippen molar-refractivity contribution in [2.24, 2.45) is 5.92 Å². The van der Waals surface area contributed by atoms with Gasteiger partial charge in [-0.25, -0.2) is 4.98 Å².